The molecule has 96 valence electrons. The quantitative estimate of drug-likeness (QED) is 0.790. The van der Waals surface area contributed by atoms with Crippen LogP contribution in [0, 0.1) is 6.92 Å². The lowest BCUT2D eigenvalue weighted by Crippen LogP contribution is -2.42. The number of nitrogens with zero attached hydrogens (tertiary/aromatic N) is 1. The van der Waals surface area contributed by atoms with Crippen molar-refractivity contribution < 1.29 is 13.5 Å². The summed E-state index contributed by atoms with van der Waals surface area (Å²) in [6, 6.07) is 0. The molecule has 17 heavy (non-hydrogen) atoms. The molecule has 1 atom stereocenters. The number of thiazole rings is 1. The number of piperidine rings is 1. The molecule has 0 amide bonds. The first-order valence-electron chi connectivity index (χ1n) is 5.29. The van der Waals surface area contributed by atoms with Gasteiger partial charge < -0.3 is 10.1 Å². The Balaban J connectivity index is 2.36. The van der Waals surface area contributed by atoms with Crippen molar-refractivity contribution in [3.05, 3.63) is 15.4 Å². The minimum absolute atomic E-state index is 0.0524. The van der Waals surface area contributed by atoms with Crippen LogP contribution < -0.4 is 4.87 Å². The van der Waals surface area contributed by atoms with E-state index < -0.39 is 16.1 Å². The maximum absolute atomic E-state index is 12.2. The van der Waals surface area contributed by atoms with Crippen LogP contribution in [0.5, 0.6) is 0 Å². The maximum Gasteiger partial charge on any atom is 0.305 e. The lowest BCUT2D eigenvalue weighted by Gasteiger charge is -2.28. The number of aliphatic hydroxyl groups is 1. The van der Waals surface area contributed by atoms with Crippen LogP contribution in [-0.4, -0.2) is 42.0 Å². The second kappa shape index (κ2) is 4.52. The van der Waals surface area contributed by atoms with Crippen molar-refractivity contribution in [2.75, 3.05) is 13.1 Å². The van der Waals surface area contributed by atoms with E-state index in [4.69, 9.17) is 0 Å². The molecule has 1 aromatic heterocycles. The van der Waals surface area contributed by atoms with E-state index in [-0.39, 0.29) is 15.6 Å². The minimum atomic E-state index is -3.64. The zero-order valence-corrected chi connectivity index (χ0v) is 11.0. The number of β-amino-alcohol motifs (C(OH)–C–C–N with tert-alkyl or cyclic N) is 1. The summed E-state index contributed by atoms with van der Waals surface area (Å²) in [6.45, 7) is 2.06. The van der Waals surface area contributed by atoms with Crippen LogP contribution in [0.4, 0.5) is 0 Å². The average Bonchev–Trinajstić information content (AvgIpc) is 2.58. The van der Waals surface area contributed by atoms with E-state index in [0.29, 0.717) is 36.4 Å². The molecule has 1 aromatic rings. The lowest BCUT2D eigenvalue weighted by atomic mass is 10.1. The van der Waals surface area contributed by atoms with E-state index in [0.717, 1.165) is 0 Å². The number of hydrogen-bond donors (Lipinski definition) is 2. The van der Waals surface area contributed by atoms with Crippen molar-refractivity contribution in [2.45, 2.75) is 30.1 Å². The fourth-order valence-corrected chi connectivity index (χ4v) is 4.84. The van der Waals surface area contributed by atoms with Gasteiger partial charge in [0.1, 0.15) is 0 Å². The summed E-state index contributed by atoms with van der Waals surface area (Å²) in [4.78, 5) is 13.2. The van der Waals surface area contributed by atoms with E-state index in [1.807, 2.05) is 0 Å². The molecular weight excluding hydrogens is 264 g/mol. The Kier molecular flexibility index (Phi) is 3.39. The van der Waals surface area contributed by atoms with Gasteiger partial charge in [0, 0.05) is 18.8 Å². The third-order valence-corrected chi connectivity index (χ3v) is 6.16. The van der Waals surface area contributed by atoms with E-state index >= 15 is 0 Å². The molecular formula is C9H14N2O4S2. The van der Waals surface area contributed by atoms with Gasteiger partial charge in [-0.25, -0.2) is 8.42 Å². The Bertz CT molecular complexity index is 560. The lowest BCUT2D eigenvalue weighted by molar-refractivity contribution is 0.108. The fraction of sp³-hybridized carbons (Fsp3) is 0.667. The van der Waals surface area contributed by atoms with Crippen molar-refractivity contribution in [3.8, 4) is 0 Å². The van der Waals surface area contributed by atoms with Crippen molar-refractivity contribution >= 4 is 21.4 Å². The summed E-state index contributed by atoms with van der Waals surface area (Å²) in [6.07, 6.45) is 0.641. The van der Waals surface area contributed by atoms with Gasteiger partial charge in [-0.15, -0.1) is 0 Å². The van der Waals surface area contributed by atoms with Crippen LogP contribution in [0.2, 0.25) is 0 Å². The van der Waals surface area contributed by atoms with Gasteiger partial charge in [-0.3, -0.25) is 4.79 Å². The average molecular weight is 278 g/mol. The van der Waals surface area contributed by atoms with Gasteiger partial charge in [0.25, 0.3) is 10.0 Å². The van der Waals surface area contributed by atoms with Gasteiger partial charge in [-0.2, -0.15) is 4.31 Å². The highest BCUT2D eigenvalue weighted by Crippen LogP contribution is 2.24. The predicted molar refractivity (Wildman–Crippen MR) is 63.7 cm³/mol. The Morgan fingerprint density at radius 3 is 2.76 bits per heavy atom. The summed E-state index contributed by atoms with van der Waals surface area (Å²) in [7, 11) is -3.64. The zero-order chi connectivity index (χ0) is 12.6. The summed E-state index contributed by atoms with van der Waals surface area (Å²) < 4.78 is 25.8. The molecule has 0 aliphatic carbocycles. The molecule has 1 fully saturated rings. The topological polar surface area (TPSA) is 90.5 Å². The number of aromatic amines is 1. The number of rotatable bonds is 2. The number of aryl methyl sites for hydroxylation is 1. The molecule has 0 saturated carbocycles. The second-order valence-corrected chi connectivity index (χ2v) is 7.20. The third kappa shape index (κ3) is 2.44. The van der Waals surface area contributed by atoms with Crippen molar-refractivity contribution in [1.29, 1.82) is 0 Å². The van der Waals surface area contributed by atoms with Crippen LogP contribution in [0.3, 0.4) is 0 Å². The highest BCUT2D eigenvalue weighted by Gasteiger charge is 2.32. The van der Waals surface area contributed by atoms with Gasteiger partial charge in [0.05, 0.1) is 6.10 Å². The molecule has 0 aromatic carbocycles. The number of aliphatic hydroxyl groups excluding tert-OH is 1. The monoisotopic (exact) mass is 278 g/mol. The molecule has 1 aliphatic rings. The van der Waals surface area contributed by atoms with Crippen LogP contribution in [0.1, 0.15) is 18.5 Å². The smallest absolute Gasteiger partial charge is 0.305 e. The summed E-state index contributed by atoms with van der Waals surface area (Å²) in [5.74, 6) is 0. The Labute approximate surface area is 103 Å². The Morgan fingerprint density at radius 1 is 1.53 bits per heavy atom. The molecule has 0 spiro atoms. The first-order chi connectivity index (χ1) is 7.91. The first kappa shape index (κ1) is 12.7. The van der Waals surface area contributed by atoms with Crippen molar-refractivity contribution in [1.82, 2.24) is 9.29 Å². The van der Waals surface area contributed by atoms with Crippen molar-refractivity contribution in [2.24, 2.45) is 0 Å². The molecule has 2 rings (SSSR count). The van der Waals surface area contributed by atoms with E-state index in [1.54, 1.807) is 6.92 Å². The molecule has 2 N–H and O–H groups in total. The largest absolute Gasteiger partial charge is 0.392 e. The maximum atomic E-state index is 12.2. The molecule has 2 heterocycles. The Morgan fingerprint density at radius 2 is 2.24 bits per heavy atom. The number of sulfonamides is 1. The molecule has 6 nitrogen and oxygen atoms in total. The van der Waals surface area contributed by atoms with Gasteiger partial charge in [0.2, 0.25) is 0 Å². The van der Waals surface area contributed by atoms with Gasteiger partial charge in [-0.1, -0.05) is 11.3 Å². The highest BCUT2D eigenvalue weighted by atomic mass is 32.2. The SMILES string of the molecule is Cc1[nH]c(=O)sc1S(=O)(=O)N1CCC[C@H](O)C1. The number of aromatic nitrogens is 1. The summed E-state index contributed by atoms with van der Waals surface area (Å²) >= 11 is 0.694. The Hall–Kier alpha value is -0.700. The number of H-pyrrole nitrogens is 1. The summed E-state index contributed by atoms with van der Waals surface area (Å²) in [5, 5.41) is 9.49. The second-order valence-electron chi connectivity index (χ2n) is 4.09. The fourth-order valence-electron chi connectivity index (χ4n) is 1.89. The van der Waals surface area contributed by atoms with Crippen molar-refractivity contribution in [3.63, 3.8) is 0 Å². The third-order valence-electron chi connectivity index (χ3n) is 2.71. The summed E-state index contributed by atoms with van der Waals surface area (Å²) in [5.41, 5.74) is 0.361. The zero-order valence-electron chi connectivity index (χ0n) is 9.34. The highest BCUT2D eigenvalue weighted by molar-refractivity contribution is 7.91. The van der Waals surface area contributed by atoms with E-state index in [2.05, 4.69) is 4.98 Å². The molecule has 0 bridgehead atoms. The van der Waals surface area contributed by atoms with E-state index in [9.17, 15) is 18.3 Å². The number of nitrogens with one attached hydrogen (secondary N) is 1. The van der Waals surface area contributed by atoms with Crippen LogP contribution in [0.15, 0.2) is 9.00 Å². The van der Waals surface area contributed by atoms with Crippen LogP contribution in [0.25, 0.3) is 0 Å². The molecule has 1 aliphatic heterocycles. The van der Waals surface area contributed by atoms with Crippen LogP contribution >= 0.6 is 11.3 Å². The predicted octanol–water partition coefficient (Wildman–Crippen LogP) is -0.110. The minimum Gasteiger partial charge on any atom is -0.392 e. The normalized spacial score (nSPS) is 22.8. The first-order valence-corrected chi connectivity index (χ1v) is 7.55. The molecule has 0 unspecified atom stereocenters. The number of hydrogen-bond acceptors (Lipinski definition) is 5. The van der Waals surface area contributed by atoms with E-state index in [1.165, 1.54) is 4.31 Å². The van der Waals surface area contributed by atoms with Gasteiger partial charge in [0.15, 0.2) is 4.21 Å². The van der Waals surface area contributed by atoms with Crippen LogP contribution in [-0.2, 0) is 10.0 Å². The van der Waals surface area contributed by atoms with Gasteiger partial charge >= 0.3 is 4.87 Å². The van der Waals surface area contributed by atoms with Gasteiger partial charge in [-0.05, 0) is 19.8 Å². The molecule has 1 saturated heterocycles. The molecule has 8 heteroatoms. The molecule has 0 radical (unpaired) electrons. The standard InChI is InChI=1S/C9H14N2O4S2/c1-6-8(16-9(13)10-6)17(14,15)11-4-2-3-7(12)5-11/h7,12H,2-5H2,1H3,(H,10,13)/t7-/m0/s1.